The summed E-state index contributed by atoms with van der Waals surface area (Å²) in [5, 5.41) is 2.36. The van der Waals surface area contributed by atoms with Crippen LogP contribution in [-0.2, 0) is 28.9 Å². The molecule has 0 aliphatic carbocycles. The maximum Gasteiger partial charge on any atom is 0.140 e. The molecule has 2 nitrogen and oxygen atoms in total. The number of fused-ring (bicyclic) bond motifs is 1. The van der Waals surface area contributed by atoms with E-state index in [1.807, 2.05) is 57.2 Å². The van der Waals surface area contributed by atoms with E-state index >= 15 is 0 Å². The van der Waals surface area contributed by atoms with Crippen LogP contribution < -0.4 is 0 Å². The van der Waals surface area contributed by atoms with E-state index in [4.69, 9.17) is 0 Å². The predicted octanol–water partition coefficient (Wildman–Crippen LogP) is 5.60. The Balaban J connectivity index is 1.64. The largest absolute Gasteiger partial charge is 0.299 e. The van der Waals surface area contributed by atoms with Gasteiger partial charge in [-0.1, -0.05) is 87.5 Å². The molecule has 0 amide bonds. The van der Waals surface area contributed by atoms with Crippen molar-refractivity contribution in [3.05, 3.63) is 83.4 Å². The van der Waals surface area contributed by atoms with Gasteiger partial charge in [0.2, 0.25) is 0 Å². The Morgan fingerprint density at radius 2 is 1.32 bits per heavy atom. The van der Waals surface area contributed by atoms with E-state index in [2.05, 4.69) is 30.3 Å². The molecular formula is C26H28O2. The van der Waals surface area contributed by atoms with Crippen LogP contribution in [-0.4, -0.2) is 11.6 Å². The zero-order chi connectivity index (χ0) is 20.1. The second-order valence-electron chi connectivity index (χ2n) is 8.05. The molecule has 144 valence electrons. The molecule has 1 unspecified atom stereocenters. The third-order valence-electron chi connectivity index (χ3n) is 5.30. The Kier molecular flexibility index (Phi) is 6.41. The smallest absolute Gasteiger partial charge is 0.140 e. The minimum Gasteiger partial charge on any atom is -0.299 e. The van der Waals surface area contributed by atoms with Crippen molar-refractivity contribution in [3.8, 4) is 0 Å². The van der Waals surface area contributed by atoms with E-state index in [0.717, 1.165) is 16.7 Å². The van der Waals surface area contributed by atoms with Crippen molar-refractivity contribution in [2.24, 2.45) is 11.8 Å². The van der Waals surface area contributed by atoms with Crippen LogP contribution in [0.15, 0.2) is 66.7 Å². The summed E-state index contributed by atoms with van der Waals surface area (Å²) in [6.07, 6.45) is 1.62. The molecule has 0 aliphatic heterocycles. The topological polar surface area (TPSA) is 34.1 Å². The fourth-order valence-corrected chi connectivity index (χ4v) is 3.46. The summed E-state index contributed by atoms with van der Waals surface area (Å²) in [5.41, 5.74) is 3.21. The van der Waals surface area contributed by atoms with Gasteiger partial charge in [0.15, 0.2) is 0 Å². The zero-order valence-electron chi connectivity index (χ0n) is 16.9. The van der Waals surface area contributed by atoms with Gasteiger partial charge in [0.05, 0.1) is 0 Å². The number of carbonyl (C=O) groups excluding carboxylic acids is 2. The average Bonchev–Trinajstić information content (AvgIpc) is 2.68. The summed E-state index contributed by atoms with van der Waals surface area (Å²) in [5.74, 6) is 0.491. The fourth-order valence-electron chi connectivity index (χ4n) is 3.46. The number of hydrogen-bond donors (Lipinski definition) is 0. The monoisotopic (exact) mass is 372 g/mol. The highest BCUT2D eigenvalue weighted by molar-refractivity contribution is 5.87. The van der Waals surface area contributed by atoms with Crippen molar-refractivity contribution in [1.29, 1.82) is 0 Å². The van der Waals surface area contributed by atoms with Gasteiger partial charge >= 0.3 is 0 Å². The molecule has 3 aromatic carbocycles. The molecule has 0 spiro atoms. The molecule has 0 radical (unpaired) electrons. The molecule has 0 bridgehead atoms. The first-order chi connectivity index (χ1) is 13.4. The molecule has 0 fully saturated rings. The van der Waals surface area contributed by atoms with Crippen LogP contribution in [0.3, 0.4) is 0 Å². The van der Waals surface area contributed by atoms with Crippen molar-refractivity contribution in [2.75, 3.05) is 0 Å². The number of carbonyl (C=O) groups is 2. The molecule has 2 heteroatoms. The van der Waals surface area contributed by atoms with Gasteiger partial charge in [-0.2, -0.15) is 0 Å². The van der Waals surface area contributed by atoms with E-state index < -0.39 is 0 Å². The Labute approximate surface area is 167 Å². The number of Topliss-reactive ketones (excluding diaryl/α,β-unsaturated/α-hetero) is 2. The standard InChI is InChI=1S/C26H28O2/c1-18(2)25(27)16-21-8-6-7-20(14-21)13-19(3)26(28)17-22-11-12-23-9-4-5-10-24(23)15-22/h4-12,14-15,18-19H,13,16-17H2,1-3H3. The number of ketones is 2. The molecule has 1 atom stereocenters. The van der Waals surface area contributed by atoms with Gasteiger partial charge < -0.3 is 0 Å². The van der Waals surface area contributed by atoms with Gasteiger partial charge in [0, 0.05) is 24.7 Å². The maximum absolute atomic E-state index is 12.8. The van der Waals surface area contributed by atoms with Crippen molar-refractivity contribution in [1.82, 2.24) is 0 Å². The summed E-state index contributed by atoms with van der Waals surface area (Å²) in [6, 6.07) is 22.5. The quantitative estimate of drug-likeness (QED) is 0.516. The molecule has 3 rings (SSSR count). The van der Waals surface area contributed by atoms with Gasteiger partial charge in [-0.15, -0.1) is 0 Å². The minimum absolute atomic E-state index is 0.0473. The molecule has 0 N–H and O–H groups in total. The SMILES string of the molecule is CC(C)C(=O)Cc1cccc(CC(C)C(=O)Cc2ccc3ccccc3c2)c1. The Morgan fingerprint density at radius 3 is 2.07 bits per heavy atom. The van der Waals surface area contributed by atoms with Crippen molar-refractivity contribution in [2.45, 2.75) is 40.0 Å². The molecule has 0 saturated carbocycles. The third kappa shape index (κ3) is 5.16. The molecule has 0 aromatic heterocycles. The van der Waals surface area contributed by atoms with E-state index in [1.165, 1.54) is 10.8 Å². The van der Waals surface area contributed by atoms with Crippen LogP contribution in [0.5, 0.6) is 0 Å². The lowest BCUT2D eigenvalue weighted by Crippen LogP contribution is -2.16. The maximum atomic E-state index is 12.8. The van der Waals surface area contributed by atoms with Gasteiger partial charge in [-0.25, -0.2) is 0 Å². The highest BCUT2D eigenvalue weighted by Gasteiger charge is 2.15. The minimum atomic E-state index is -0.0532. The van der Waals surface area contributed by atoms with Gasteiger partial charge in [0.25, 0.3) is 0 Å². The first-order valence-electron chi connectivity index (χ1n) is 10.0. The second-order valence-corrected chi connectivity index (χ2v) is 8.05. The first-order valence-corrected chi connectivity index (χ1v) is 10.0. The number of rotatable bonds is 8. The second kappa shape index (κ2) is 8.97. The van der Waals surface area contributed by atoms with Gasteiger partial charge in [0.1, 0.15) is 11.6 Å². The Bertz CT molecular complexity index is 984. The first kappa shape index (κ1) is 20.0. The van der Waals surface area contributed by atoms with Gasteiger partial charge in [-0.3, -0.25) is 9.59 Å². The van der Waals surface area contributed by atoms with Gasteiger partial charge in [-0.05, 0) is 33.9 Å². The lowest BCUT2D eigenvalue weighted by atomic mass is 9.91. The summed E-state index contributed by atoms with van der Waals surface area (Å²) >= 11 is 0. The summed E-state index contributed by atoms with van der Waals surface area (Å²) in [7, 11) is 0. The Morgan fingerprint density at radius 1 is 0.679 bits per heavy atom. The number of hydrogen-bond acceptors (Lipinski definition) is 2. The van der Waals surface area contributed by atoms with E-state index in [0.29, 0.717) is 19.3 Å². The van der Waals surface area contributed by atoms with Crippen molar-refractivity contribution < 1.29 is 9.59 Å². The molecule has 28 heavy (non-hydrogen) atoms. The van der Waals surface area contributed by atoms with E-state index in [-0.39, 0.29) is 23.4 Å². The van der Waals surface area contributed by atoms with Crippen LogP contribution in [0.1, 0.15) is 37.5 Å². The average molecular weight is 373 g/mol. The Hall–Kier alpha value is -2.74. The third-order valence-corrected chi connectivity index (χ3v) is 5.30. The lowest BCUT2D eigenvalue weighted by molar-refractivity contribution is -0.122. The van der Waals surface area contributed by atoms with Crippen LogP contribution in [0.4, 0.5) is 0 Å². The molecule has 3 aromatic rings. The van der Waals surface area contributed by atoms with Crippen LogP contribution in [0, 0.1) is 11.8 Å². The lowest BCUT2D eigenvalue weighted by Gasteiger charge is -2.12. The highest BCUT2D eigenvalue weighted by Crippen LogP contribution is 2.19. The van der Waals surface area contributed by atoms with Crippen LogP contribution in [0.25, 0.3) is 10.8 Å². The summed E-state index contributed by atoms with van der Waals surface area (Å²) in [4.78, 5) is 24.7. The van der Waals surface area contributed by atoms with Crippen LogP contribution >= 0.6 is 0 Å². The summed E-state index contributed by atoms with van der Waals surface area (Å²) in [6.45, 7) is 5.86. The molecular weight excluding hydrogens is 344 g/mol. The van der Waals surface area contributed by atoms with Crippen molar-refractivity contribution >= 4 is 22.3 Å². The van der Waals surface area contributed by atoms with E-state index in [1.54, 1.807) is 0 Å². The van der Waals surface area contributed by atoms with Crippen LogP contribution in [0.2, 0.25) is 0 Å². The fraction of sp³-hybridized carbons (Fsp3) is 0.308. The van der Waals surface area contributed by atoms with E-state index in [9.17, 15) is 9.59 Å². The normalized spacial score (nSPS) is 12.3. The summed E-state index contributed by atoms with van der Waals surface area (Å²) < 4.78 is 0. The molecule has 0 aliphatic rings. The zero-order valence-corrected chi connectivity index (χ0v) is 16.9. The van der Waals surface area contributed by atoms with Crippen molar-refractivity contribution in [3.63, 3.8) is 0 Å². The predicted molar refractivity (Wildman–Crippen MR) is 116 cm³/mol. The number of benzene rings is 3. The molecule has 0 saturated heterocycles. The highest BCUT2D eigenvalue weighted by atomic mass is 16.1. The molecule has 0 heterocycles.